The van der Waals surface area contributed by atoms with Gasteiger partial charge in [-0.3, -0.25) is 9.78 Å². The lowest BCUT2D eigenvalue weighted by molar-refractivity contribution is -0.147. The Labute approximate surface area is 216 Å². The number of aliphatic hydroxyl groups is 1. The van der Waals surface area contributed by atoms with Crippen LogP contribution in [0.1, 0.15) is 61.9 Å². The summed E-state index contributed by atoms with van der Waals surface area (Å²) >= 11 is 3.61. The molecule has 0 fully saturated rings. The molecule has 3 N–H and O–H groups in total. The summed E-state index contributed by atoms with van der Waals surface area (Å²) in [6, 6.07) is 17.2. The minimum Gasteiger partial charge on any atom is -0.479 e. The van der Waals surface area contributed by atoms with E-state index in [1.54, 1.807) is 31.3 Å². The van der Waals surface area contributed by atoms with Crippen molar-refractivity contribution in [2.75, 3.05) is 0 Å². The Morgan fingerprint density at radius 2 is 1.67 bits per heavy atom. The highest BCUT2D eigenvalue weighted by Gasteiger charge is 2.11. The number of rotatable bonds is 9. The maximum atomic E-state index is 10.8. The fourth-order valence-electron chi connectivity index (χ4n) is 3.05. The molecular formula is C28H33NO6S. The number of nitrogens with zero attached hydrogens (tertiary/aromatic N) is 1. The normalized spacial score (nSPS) is 11.4. The molecule has 0 radical (unpaired) electrons. The van der Waals surface area contributed by atoms with Crippen LogP contribution in [0, 0.1) is 0 Å². The molecule has 36 heavy (non-hydrogen) atoms. The van der Waals surface area contributed by atoms with E-state index in [0.29, 0.717) is 17.6 Å². The first-order chi connectivity index (χ1) is 17.2. The Morgan fingerprint density at radius 3 is 2.22 bits per heavy atom. The van der Waals surface area contributed by atoms with E-state index in [1.807, 2.05) is 42.5 Å². The maximum absolute atomic E-state index is 10.8. The highest BCUT2D eigenvalue weighted by Crippen LogP contribution is 2.20. The van der Waals surface area contributed by atoms with Gasteiger partial charge in [0.25, 0.3) is 0 Å². The largest absolute Gasteiger partial charge is 0.479 e. The molecule has 0 aliphatic rings. The molecule has 0 aliphatic carbocycles. The molecule has 3 rings (SSSR count). The fourth-order valence-corrected chi connectivity index (χ4v) is 3.18. The first-order valence-corrected chi connectivity index (χ1v) is 12.1. The number of thiol groups is 1. The average molecular weight is 512 g/mol. The van der Waals surface area contributed by atoms with Crippen LogP contribution in [0.4, 0.5) is 0 Å². The number of carbonyl (C=O) groups is 3. The third-order valence-electron chi connectivity index (χ3n) is 5.06. The van der Waals surface area contributed by atoms with Gasteiger partial charge in [-0.15, -0.1) is 12.6 Å². The van der Waals surface area contributed by atoms with Crippen LogP contribution in [-0.4, -0.2) is 43.5 Å². The van der Waals surface area contributed by atoms with Gasteiger partial charge in [-0.25, -0.2) is 9.59 Å². The second kappa shape index (κ2) is 17.0. The molecule has 8 heteroatoms. The van der Waals surface area contributed by atoms with Gasteiger partial charge in [-0.2, -0.15) is 0 Å². The van der Waals surface area contributed by atoms with Crippen LogP contribution < -0.4 is 0 Å². The van der Waals surface area contributed by atoms with Gasteiger partial charge in [0.2, 0.25) is 5.12 Å². The number of aliphatic hydroxyl groups excluding tert-OH is 1. The van der Waals surface area contributed by atoms with Crippen molar-refractivity contribution in [1.82, 2.24) is 4.98 Å². The van der Waals surface area contributed by atoms with E-state index >= 15 is 0 Å². The van der Waals surface area contributed by atoms with Gasteiger partial charge in [-0.1, -0.05) is 75.1 Å². The molecule has 0 saturated heterocycles. The SMILES string of the molecule is C/C(=C\c1cccc2ccccc12)C(=O)O.CCCCCCC(O)C(=O)O.O=C(S)c1cccnc1. The smallest absolute Gasteiger partial charge is 0.332 e. The quantitative estimate of drug-likeness (QED) is 0.161. The van der Waals surface area contributed by atoms with Crippen molar-refractivity contribution in [1.29, 1.82) is 0 Å². The molecule has 1 atom stereocenters. The van der Waals surface area contributed by atoms with Crippen molar-refractivity contribution < 1.29 is 29.7 Å². The van der Waals surface area contributed by atoms with Crippen molar-refractivity contribution in [3.05, 3.63) is 83.7 Å². The van der Waals surface area contributed by atoms with Crippen LogP contribution in [0.3, 0.4) is 0 Å². The predicted octanol–water partition coefficient (Wildman–Crippen LogP) is 5.88. The Kier molecular flexibility index (Phi) is 14.4. The number of carboxylic acids is 2. The molecule has 7 nitrogen and oxygen atoms in total. The van der Waals surface area contributed by atoms with E-state index < -0.39 is 18.0 Å². The molecule has 192 valence electrons. The van der Waals surface area contributed by atoms with Crippen molar-refractivity contribution in [2.24, 2.45) is 0 Å². The zero-order chi connectivity index (χ0) is 26.9. The third kappa shape index (κ3) is 11.8. The molecule has 1 aromatic heterocycles. The fraction of sp³-hybridized carbons (Fsp3) is 0.286. The van der Waals surface area contributed by atoms with E-state index in [2.05, 4.69) is 24.5 Å². The molecule has 0 bridgehead atoms. The lowest BCUT2D eigenvalue weighted by Crippen LogP contribution is -2.18. The summed E-state index contributed by atoms with van der Waals surface area (Å²) in [6.45, 7) is 3.69. The van der Waals surface area contributed by atoms with E-state index in [4.69, 9.17) is 15.3 Å². The topological polar surface area (TPSA) is 125 Å². The van der Waals surface area contributed by atoms with Gasteiger partial charge < -0.3 is 15.3 Å². The van der Waals surface area contributed by atoms with Crippen LogP contribution in [0.2, 0.25) is 0 Å². The molecule has 0 aliphatic heterocycles. The van der Waals surface area contributed by atoms with Crippen LogP contribution in [0.15, 0.2) is 72.6 Å². The molecule has 3 aromatic rings. The monoisotopic (exact) mass is 511 g/mol. The van der Waals surface area contributed by atoms with Crippen molar-refractivity contribution in [2.45, 2.75) is 52.1 Å². The minimum atomic E-state index is -1.16. The molecule has 2 aromatic carbocycles. The molecule has 0 spiro atoms. The summed E-state index contributed by atoms with van der Waals surface area (Å²) in [5.74, 6) is -1.99. The minimum absolute atomic E-state index is 0.247. The maximum Gasteiger partial charge on any atom is 0.332 e. The van der Waals surface area contributed by atoms with Gasteiger partial charge in [0.15, 0.2) is 6.10 Å². The lowest BCUT2D eigenvalue weighted by Gasteiger charge is -2.03. The summed E-state index contributed by atoms with van der Waals surface area (Å²) in [6.07, 6.45) is 8.08. The summed E-state index contributed by atoms with van der Waals surface area (Å²) in [5, 5.41) is 27.9. The number of aromatic nitrogens is 1. The van der Waals surface area contributed by atoms with Gasteiger partial charge in [0.1, 0.15) is 0 Å². The Bertz CT molecular complexity index is 1140. The number of unbranched alkanes of at least 4 members (excludes halogenated alkanes) is 3. The summed E-state index contributed by atoms with van der Waals surface area (Å²) < 4.78 is 0. The second-order valence-electron chi connectivity index (χ2n) is 7.95. The standard InChI is InChI=1S/C14H12O2.C8H16O3.C6H5NOS/c1-10(14(15)16)9-12-7-4-6-11-5-2-3-8-13(11)12;1-2-3-4-5-6-7(9)8(10)11;8-6(9)5-2-1-3-7-4-5/h2-9H,1H3,(H,15,16);7,9H,2-6H2,1H3,(H,10,11);1-4H,(H,8,9)/b10-9+;;. The predicted molar refractivity (Wildman–Crippen MR) is 145 cm³/mol. The van der Waals surface area contributed by atoms with Crippen molar-refractivity contribution in [3.63, 3.8) is 0 Å². The van der Waals surface area contributed by atoms with Crippen LogP contribution in [-0.2, 0) is 9.59 Å². The summed E-state index contributed by atoms with van der Waals surface area (Å²) in [7, 11) is 0. The number of hydrogen-bond donors (Lipinski definition) is 4. The number of carbonyl (C=O) groups excluding carboxylic acids is 1. The third-order valence-corrected chi connectivity index (χ3v) is 5.32. The van der Waals surface area contributed by atoms with Crippen LogP contribution in [0.25, 0.3) is 16.8 Å². The highest BCUT2D eigenvalue weighted by atomic mass is 32.1. The van der Waals surface area contributed by atoms with Gasteiger partial charge in [0.05, 0.1) is 0 Å². The number of fused-ring (bicyclic) bond motifs is 1. The van der Waals surface area contributed by atoms with Crippen LogP contribution >= 0.6 is 12.6 Å². The lowest BCUT2D eigenvalue weighted by atomic mass is 10.0. The van der Waals surface area contributed by atoms with Gasteiger partial charge >= 0.3 is 11.9 Å². The first kappa shape index (κ1) is 30.5. The number of aliphatic carboxylic acids is 2. The number of benzene rings is 2. The van der Waals surface area contributed by atoms with E-state index in [-0.39, 0.29) is 5.12 Å². The molecular weight excluding hydrogens is 478 g/mol. The number of carboxylic acid groups (broad SMARTS) is 2. The first-order valence-electron chi connectivity index (χ1n) is 11.6. The Balaban J connectivity index is 0.000000285. The molecule has 0 amide bonds. The zero-order valence-electron chi connectivity index (χ0n) is 20.5. The Morgan fingerprint density at radius 1 is 0.972 bits per heavy atom. The average Bonchev–Trinajstić information content (AvgIpc) is 2.88. The highest BCUT2D eigenvalue weighted by molar-refractivity contribution is 7.97. The molecule has 1 heterocycles. The number of pyridine rings is 1. The second-order valence-corrected chi connectivity index (χ2v) is 8.36. The summed E-state index contributed by atoms with van der Waals surface area (Å²) in [5.41, 5.74) is 1.81. The zero-order valence-corrected chi connectivity index (χ0v) is 21.4. The van der Waals surface area contributed by atoms with Gasteiger partial charge in [-0.05, 0) is 47.9 Å². The van der Waals surface area contributed by atoms with E-state index in [9.17, 15) is 14.4 Å². The molecule has 1 unspecified atom stereocenters. The van der Waals surface area contributed by atoms with Crippen molar-refractivity contribution in [3.8, 4) is 0 Å². The molecule has 0 saturated carbocycles. The van der Waals surface area contributed by atoms with E-state index in [1.165, 1.54) is 6.20 Å². The summed E-state index contributed by atoms with van der Waals surface area (Å²) in [4.78, 5) is 35.1. The van der Waals surface area contributed by atoms with Crippen LogP contribution in [0.5, 0.6) is 0 Å². The van der Waals surface area contributed by atoms with E-state index in [0.717, 1.165) is 42.0 Å². The van der Waals surface area contributed by atoms with Crippen molar-refractivity contribution >= 4 is 46.5 Å². The van der Waals surface area contributed by atoms with Gasteiger partial charge in [0, 0.05) is 23.5 Å². The Hall–Kier alpha value is -3.49. The number of hydrogen-bond acceptors (Lipinski definition) is 5.